The number of aromatic carboxylic acids is 1. The van der Waals surface area contributed by atoms with Crippen LogP contribution >= 0.6 is 0 Å². The quantitative estimate of drug-likeness (QED) is 0.788. The maximum absolute atomic E-state index is 10.9. The molecule has 0 saturated carbocycles. The average molecular weight is 221 g/mol. The summed E-state index contributed by atoms with van der Waals surface area (Å²) in [6.07, 6.45) is 4.92. The van der Waals surface area contributed by atoms with Gasteiger partial charge in [-0.15, -0.1) is 0 Å². The van der Waals surface area contributed by atoms with Crippen LogP contribution in [0.5, 0.6) is 0 Å². The van der Waals surface area contributed by atoms with Crippen molar-refractivity contribution in [2.75, 3.05) is 23.7 Å². The van der Waals surface area contributed by atoms with Gasteiger partial charge in [-0.25, -0.2) is 9.78 Å². The average Bonchev–Trinajstić information content (AvgIpc) is 2.30. The Labute approximate surface area is 93.9 Å². The molecule has 16 heavy (non-hydrogen) atoms. The number of nitrogen functional groups attached to an aromatic ring is 1. The summed E-state index contributed by atoms with van der Waals surface area (Å²) in [5, 5.41) is 8.96. The molecular weight excluding hydrogens is 206 g/mol. The van der Waals surface area contributed by atoms with Gasteiger partial charge in [0.05, 0.1) is 17.4 Å². The third-order valence-electron chi connectivity index (χ3n) is 2.83. The van der Waals surface area contributed by atoms with E-state index in [9.17, 15) is 4.79 Å². The van der Waals surface area contributed by atoms with Crippen molar-refractivity contribution >= 4 is 17.5 Å². The number of rotatable bonds is 2. The van der Waals surface area contributed by atoms with E-state index in [1.165, 1.54) is 12.6 Å². The summed E-state index contributed by atoms with van der Waals surface area (Å²) in [5.74, 6) is -0.288. The molecule has 0 radical (unpaired) electrons. The zero-order valence-corrected chi connectivity index (χ0v) is 9.02. The monoisotopic (exact) mass is 221 g/mol. The fourth-order valence-electron chi connectivity index (χ4n) is 1.94. The fraction of sp³-hybridized carbons (Fsp3) is 0.455. The number of carboxylic acids is 1. The number of pyridine rings is 1. The summed E-state index contributed by atoms with van der Waals surface area (Å²) in [5.41, 5.74) is 5.91. The zero-order valence-electron chi connectivity index (χ0n) is 9.02. The van der Waals surface area contributed by atoms with Gasteiger partial charge in [0.2, 0.25) is 0 Å². The second-order valence-electron chi connectivity index (χ2n) is 3.98. The van der Waals surface area contributed by atoms with Crippen LogP contribution in [0.1, 0.15) is 29.6 Å². The van der Waals surface area contributed by atoms with E-state index in [-0.39, 0.29) is 11.3 Å². The molecule has 86 valence electrons. The Kier molecular flexibility index (Phi) is 2.94. The van der Waals surface area contributed by atoms with Crippen molar-refractivity contribution in [2.45, 2.75) is 19.3 Å². The van der Waals surface area contributed by atoms with Crippen molar-refractivity contribution in [1.29, 1.82) is 0 Å². The number of nitrogens with two attached hydrogens (primary N) is 1. The van der Waals surface area contributed by atoms with Gasteiger partial charge in [-0.3, -0.25) is 0 Å². The molecular formula is C11H15N3O2. The summed E-state index contributed by atoms with van der Waals surface area (Å²) in [6.45, 7) is 1.88. The number of carbonyl (C=O) groups is 1. The molecule has 3 N–H and O–H groups in total. The number of aromatic nitrogens is 1. The van der Waals surface area contributed by atoms with Crippen LogP contribution in [-0.4, -0.2) is 29.1 Å². The second kappa shape index (κ2) is 4.38. The third kappa shape index (κ3) is 2.08. The van der Waals surface area contributed by atoms with Gasteiger partial charge >= 0.3 is 5.97 Å². The van der Waals surface area contributed by atoms with Crippen molar-refractivity contribution in [1.82, 2.24) is 4.98 Å². The van der Waals surface area contributed by atoms with Gasteiger partial charge < -0.3 is 15.7 Å². The topological polar surface area (TPSA) is 79.5 Å². The molecule has 5 heteroatoms. The van der Waals surface area contributed by atoms with Gasteiger partial charge in [0.25, 0.3) is 0 Å². The minimum atomic E-state index is -1.00. The number of hydrogen-bond donors (Lipinski definition) is 2. The van der Waals surface area contributed by atoms with Crippen molar-refractivity contribution in [3.8, 4) is 0 Å². The molecule has 1 aliphatic heterocycles. The lowest BCUT2D eigenvalue weighted by atomic mass is 10.1. The molecule has 2 heterocycles. The van der Waals surface area contributed by atoms with E-state index < -0.39 is 5.97 Å². The molecule has 0 atom stereocenters. The van der Waals surface area contributed by atoms with E-state index in [4.69, 9.17) is 10.8 Å². The molecule has 1 aromatic heterocycles. The predicted octanol–water partition coefficient (Wildman–Crippen LogP) is 1.35. The van der Waals surface area contributed by atoms with Crippen molar-refractivity contribution in [3.05, 3.63) is 17.8 Å². The van der Waals surface area contributed by atoms with E-state index in [0.717, 1.165) is 25.9 Å². The number of piperidine rings is 1. The molecule has 5 nitrogen and oxygen atoms in total. The highest BCUT2D eigenvalue weighted by Crippen LogP contribution is 2.21. The lowest BCUT2D eigenvalue weighted by molar-refractivity contribution is 0.0698. The molecule has 1 fully saturated rings. The normalized spacial score (nSPS) is 16.1. The summed E-state index contributed by atoms with van der Waals surface area (Å²) < 4.78 is 0. The van der Waals surface area contributed by atoms with E-state index in [1.807, 2.05) is 0 Å². The van der Waals surface area contributed by atoms with Crippen LogP contribution in [0.3, 0.4) is 0 Å². The van der Waals surface area contributed by atoms with E-state index in [1.54, 1.807) is 6.07 Å². The third-order valence-corrected chi connectivity index (χ3v) is 2.83. The first kappa shape index (κ1) is 10.7. The van der Waals surface area contributed by atoms with Crippen LogP contribution in [-0.2, 0) is 0 Å². The fourth-order valence-corrected chi connectivity index (χ4v) is 1.94. The first-order chi connectivity index (χ1) is 7.68. The van der Waals surface area contributed by atoms with Crippen molar-refractivity contribution in [3.63, 3.8) is 0 Å². The Hall–Kier alpha value is -1.78. The minimum absolute atomic E-state index is 0.135. The SMILES string of the molecule is Nc1cnc(N2CCCCC2)cc1C(=O)O. The lowest BCUT2D eigenvalue weighted by Gasteiger charge is -2.27. The van der Waals surface area contributed by atoms with E-state index in [0.29, 0.717) is 5.82 Å². The molecule has 2 rings (SSSR count). The Morgan fingerprint density at radius 1 is 1.38 bits per heavy atom. The summed E-state index contributed by atoms with van der Waals surface area (Å²) in [7, 11) is 0. The molecule has 0 aromatic carbocycles. The van der Waals surface area contributed by atoms with Crippen LogP contribution in [0.15, 0.2) is 12.3 Å². The highest BCUT2D eigenvalue weighted by Gasteiger charge is 2.15. The lowest BCUT2D eigenvalue weighted by Crippen LogP contribution is -2.30. The molecule has 0 bridgehead atoms. The van der Waals surface area contributed by atoms with Crippen LogP contribution in [0.25, 0.3) is 0 Å². The maximum atomic E-state index is 10.9. The molecule has 0 unspecified atom stereocenters. The van der Waals surface area contributed by atoms with Crippen LogP contribution in [0.2, 0.25) is 0 Å². The maximum Gasteiger partial charge on any atom is 0.337 e. The first-order valence-electron chi connectivity index (χ1n) is 5.42. The van der Waals surface area contributed by atoms with Gasteiger partial charge in [-0.2, -0.15) is 0 Å². The van der Waals surface area contributed by atoms with Gasteiger partial charge in [0.15, 0.2) is 0 Å². The molecule has 0 spiro atoms. The number of carboxylic acid groups (broad SMARTS) is 1. The summed E-state index contributed by atoms with van der Waals surface area (Å²) in [6, 6.07) is 1.56. The zero-order chi connectivity index (χ0) is 11.5. The number of hydrogen-bond acceptors (Lipinski definition) is 4. The highest BCUT2D eigenvalue weighted by molar-refractivity contribution is 5.94. The van der Waals surface area contributed by atoms with Gasteiger partial charge in [0.1, 0.15) is 5.82 Å². The first-order valence-corrected chi connectivity index (χ1v) is 5.42. The molecule has 0 amide bonds. The largest absolute Gasteiger partial charge is 0.478 e. The van der Waals surface area contributed by atoms with Gasteiger partial charge in [-0.1, -0.05) is 0 Å². The molecule has 0 aliphatic carbocycles. The van der Waals surface area contributed by atoms with E-state index >= 15 is 0 Å². The van der Waals surface area contributed by atoms with Crippen LogP contribution in [0.4, 0.5) is 11.5 Å². The molecule has 1 aromatic rings. The van der Waals surface area contributed by atoms with Crippen molar-refractivity contribution < 1.29 is 9.90 Å². The predicted molar refractivity (Wildman–Crippen MR) is 61.7 cm³/mol. The smallest absolute Gasteiger partial charge is 0.337 e. The molecule has 1 saturated heterocycles. The number of nitrogens with zero attached hydrogens (tertiary/aromatic N) is 2. The Morgan fingerprint density at radius 2 is 2.06 bits per heavy atom. The molecule has 1 aliphatic rings. The summed E-state index contributed by atoms with van der Waals surface area (Å²) in [4.78, 5) is 17.2. The van der Waals surface area contributed by atoms with Crippen LogP contribution in [0, 0.1) is 0 Å². The summed E-state index contributed by atoms with van der Waals surface area (Å²) >= 11 is 0. The van der Waals surface area contributed by atoms with Gasteiger partial charge in [-0.05, 0) is 25.3 Å². The highest BCUT2D eigenvalue weighted by atomic mass is 16.4. The standard InChI is InChI=1S/C11H15N3O2/c12-9-7-13-10(6-8(9)11(15)16)14-4-2-1-3-5-14/h6-7H,1-5,12H2,(H,15,16). The minimum Gasteiger partial charge on any atom is -0.478 e. The number of anilines is 2. The van der Waals surface area contributed by atoms with E-state index in [2.05, 4.69) is 9.88 Å². The Morgan fingerprint density at radius 3 is 2.69 bits per heavy atom. The second-order valence-corrected chi connectivity index (χ2v) is 3.98. The van der Waals surface area contributed by atoms with Crippen molar-refractivity contribution in [2.24, 2.45) is 0 Å². The van der Waals surface area contributed by atoms with Crippen LogP contribution < -0.4 is 10.6 Å². The van der Waals surface area contributed by atoms with Gasteiger partial charge in [0, 0.05) is 13.1 Å². The Balaban J connectivity index is 2.27. The Bertz CT molecular complexity index is 400.